The van der Waals surface area contributed by atoms with Crippen LogP contribution in [0.2, 0.25) is 0 Å². The Labute approximate surface area is 99.1 Å². The molecule has 0 spiro atoms. The van der Waals surface area contributed by atoms with E-state index in [9.17, 15) is 4.57 Å². The zero-order chi connectivity index (χ0) is 8.10. The summed E-state index contributed by atoms with van der Waals surface area (Å²) in [6.07, 6.45) is 6.73. The van der Waals surface area contributed by atoms with E-state index in [-0.39, 0.29) is 31.0 Å². The van der Waals surface area contributed by atoms with Crippen LogP contribution >= 0.6 is 8.03 Å². The van der Waals surface area contributed by atoms with Crippen LogP contribution in [0.15, 0.2) is 0 Å². The van der Waals surface area contributed by atoms with Gasteiger partial charge in [0.2, 0.25) is 0 Å². The number of rotatable bonds is 4. The molecule has 1 saturated carbocycles. The third-order valence-corrected chi connectivity index (χ3v) is 3.32. The van der Waals surface area contributed by atoms with Crippen LogP contribution in [0.25, 0.3) is 0 Å². The van der Waals surface area contributed by atoms with E-state index in [0.717, 1.165) is 25.4 Å². The Hall–Kier alpha value is 1.06. The van der Waals surface area contributed by atoms with Crippen molar-refractivity contribution in [1.29, 1.82) is 0 Å². The van der Waals surface area contributed by atoms with Gasteiger partial charge < -0.3 is 1.43 Å². The van der Waals surface area contributed by atoms with Crippen molar-refractivity contribution < 1.29 is 40.1 Å². The molecule has 12 heavy (non-hydrogen) atoms. The predicted molar refractivity (Wildman–Crippen MR) is 47.2 cm³/mol. The Morgan fingerprint density at radius 2 is 2.08 bits per heavy atom. The van der Waals surface area contributed by atoms with Gasteiger partial charge in [0.05, 0.1) is 0 Å². The fraction of sp³-hybridized carbons (Fsp3) is 1.00. The quantitative estimate of drug-likeness (QED) is 0.478. The molecule has 1 aliphatic carbocycles. The van der Waals surface area contributed by atoms with Crippen LogP contribution in [0, 0.1) is 0 Å². The first-order valence-corrected chi connectivity index (χ1v) is 5.80. The van der Waals surface area contributed by atoms with Crippen molar-refractivity contribution in [2.45, 2.75) is 45.1 Å². The summed E-state index contributed by atoms with van der Waals surface area (Å²) in [5.74, 6) is 0. The molecule has 0 aromatic carbocycles. The average molecular weight is 199 g/mol. The van der Waals surface area contributed by atoms with Crippen molar-refractivity contribution in [3.8, 4) is 0 Å². The minimum atomic E-state index is -1.34. The second kappa shape index (κ2) is 7.46. The Morgan fingerprint density at radius 1 is 1.50 bits per heavy atom. The van der Waals surface area contributed by atoms with Crippen LogP contribution in [0.3, 0.4) is 0 Å². The third kappa shape index (κ3) is 4.94. The summed E-state index contributed by atoms with van der Waals surface area (Å²) in [7, 11) is -1.34. The Bertz CT molecular complexity index is 140. The minimum absolute atomic E-state index is 0. The zero-order valence-corrected chi connectivity index (χ0v) is 11.0. The van der Waals surface area contributed by atoms with Crippen molar-refractivity contribution in [2.24, 2.45) is 0 Å². The van der Waals surface area contributed by atoms with Gasteiger partial charge >= 0.3 is 37.6 Å². The molecule has 0 aromatic heterocycles. The largest absolute Gasteiger partial charge is 1.00 e. The molecule has 0 radical (unpaired) electrons. The topological polar surface area (TPSA) is 26.3 Å². The molecule has 2 nitrogen and oxygen atoms in total. The molecule has 4 heteroatoms. The first-order chi connectivity index (χ1) is 5.33. The molecule has 1 rings (SSSR count). The summed E-state index contributed by atoms with van der Waals surface area (Å²) in [6, 6.07) is 0. The predicted octanol–water partition coefficient (Wildman–Crippen LogP) is 0.214. The standard InChI is InChI=1S/C8H16O2P.Na.H/c1-2-7-11(9)10-8-5-3-4-6-8;;/h8H,2-7H2,1H3;;/q2*+1;-1. The molecule has 0 aliphatic heterocycles. The van der Waals surface area contributed by atoms with Gasteiger partial charge in [-0.1, -0.05) is 19.8 Å². The molecule has 0 saturated heterocycles. The van der Waals surface area contributed by atoms with E-state index in [1.54, 1.807) is 0 Å². The average Bonchev–Trinajstić information content (AvgIpc) is 2.40. The van der Waals surface area contributed by atoms with Crippen molar-refractivity contribution >= 4 is 8.03 Å². The molecule has 0 N–H and O–H groups in total. The van der Waals surface area contributed by atoms with Crippen LogP contribution in [0.4, 0.5) is 0 Å². The van der Waals surface area contributed by atoms with Gasteiger partial charge in [0, 0.05) is 0 Å². The molecule has 0 bridgehead atoms. The molecular weight excluding hydrogens is 182 g/mol. The fourth-order valence-electron chi connectivity index (χ4n) is 1.40. The van der Waals surface area contributed by atoms with E-state index >= 15 is 0 Å². The minimum Gasteiger partial charge on any atom is -1.00 e. The van der Waals surface area contributed by atoms with E-state index in [1.807, 2.05) is 6.92 Å². The number of hydrogen-bond donors (Lipinski definition) is 0. The van der Waals surface area contributed by atoms with E-state index in [4.69, 9.17) is 4.52 Å². The Balaban J connectivity index is 0. The summed E-state index contributed by atoms with van der Waals surface area (Å²) < 4.78 is 16.5. The van der Waals surface area contributed by atoms with Crippen LogP contribution in [-0.4, -0.2) is 12.3 Å². The number of hydrogen-bond acceptors (Lipinski definition) is 2. The van der Waals surface area contributed by atoms with Crippen LogP contribution in [0.5, 0.6) is 0 Å². The van der Waals surface area contributed by atoms with E-state index in [1.165, 1.54) is 12.8 Å². The van der Waals surface area contributed by atoms with Crippen molar-refractivity contribution in [3.05, 3.63) is 0 Å². The zero-order valence-electron chi connectivity index (χ0n) is 9.08. The van der Waals surface area contributed by atoms with E-state index in [0.29, 0.717) is 6.10 Å². The van der Waals surface area contributed by atoms with Crippen molar-refractivity contribution in [1.82, 2.24) is 0 Å². The maximum atomic E-state index is 11.1. The fourth-order valence-corrected chi connectivity index (χ4v) is 2.41. The van der Waals surface area contributed by atoms with Gasteiger partial charge in [-0.25, -0.2) is 0 Å². The molecule has 0 aromatic rings. The second-order valence-corrected chi connectivity index (χ2v) is 4.39. The van der Waals surface area contributed by atoms with E-state index in [2.05, 4.69) is 0 Å². The van der Waals surface area contributed by atoms with Crippen LogP contribution in [-0.2, 0) is 9.09 Å². The summed E-state index contributed by atoms with van der Waals surface area (Å²) in [5.41, 5.74) is 0. The normalized spacial score (nSPS) is 18.9. The SMILES string of the molecule is CCC[P+](=O)OC1CCCC1.[H-].[Na+]. The van der Waals surface area contributed by atoms with Crippen LogP contribution in [0.1, 0.15) is 40.5 Å². The van der Waals surface area contributed by atoms with Crippen LogP contribution < -0.4 is 29.6 Å². The summed E-state index contributed by atoms with van der Waals surface area (Å²) >= 11 is 0. The summed E-state index contributed by atoms with van der Waals surface area (Å²) in [4.78, 5) is 0. The van der Waals surface area contributed by atoms with Gasteiger partial charge in [-0.3, -0.25) is 0 Å². The van der Waals surface area contributed by atoms with Crippen molar-refractivity contribution in [2.75, 3.05) is 6.16 Å². The van der Waals surface area contributed by atoms with Gasteiger partial charge in [-0.05, 0) is 23.8 Å². The first-order valence-electron chi connectivity index (χ1n) is 4.44. The monoisotopic (exact) mass is 199 g/mol. The van der Waals surface area contributed by atoms with Gasteiger partial charge in [0.1, 0.15) is 6.10 Å². The summed E-state index contributed by atoms with van der Waals surface area (Å²) in [5, 5.41) is 0. The second-order valence-electron chi connectivity index (χ2n) is 3.07. The molecule has 1 aliphatic rings. The molecule has 66 valence electrons. The molecule has 1 fully saturated rings. The molecular formula is C8H17NaO2P+. The Morgan fingerprint density at radius 3 is 2.58 bits per heavy atom. The maximum absolute atomic E-state index is 11.1. The molecule has 0 heterocycles. The van der Waals surface area contributed by atoms with Gasteiger partial charge in [-0.2, -0.15) is 0 Å². The smallest absolute Gasteiger partial charge is 1.00 e. The molecule has 1 atom stereocenters. The maximum Gasteiger partial charge on any atom is 1.00 e. The summed E-state index contributed by atoms with van der Waals surface area (Å²) in [6.45, 7) is 2.03. The Kier molecular flexibility index (Phi) is 8.12. The molecule has 1 unspecified atom stereocenters. The van der Waals surface area contributed by atoms with E-state index < -0.39 is 8.03 Å². The van der Waals surface area contributed by atoms with Gasteiger partial charge in [-0.15, -0.1) is 4.52 Å². The van der Waals surface area contributed by atoms with Gasteiger partial charge in [0.25, 0.3) is 0 Å². The third-order valence-electron chi connectivity index (χ3n) is 1.98. The van der Waals surface area contributed by atoms with Crippen molar-refractivity contribution in [3.63, 3.8) is 0 Å². The van der Waals surface area contributed by atoms with Gasteiger partial charge in [0.15, 0.2) is 6.16 Å². The first kappa shape index (κ1) is 13.1. The molecule has 0 amide bonds.